The number of nitrogens with zero attached hydrogens (tertiary/aromatic N) is 4. The third-order valence-corrected chi connectivity index (χ3v) is 4.90. The highest BCUT2D eigenvalue weighted by molar-refractivity contribution is 5.97. The van der Waals surface area contributed by atoms with E-state index in [0.29, 0.717) is 41.0 Å². The number of para-hydroxylation sites is 1. The molecule has 2 heterocycles. The summed E-state index contributed by atoms with van der Waals surface area (Å²) in [4.78, 5) is 23.0. The number of carbonyl (C=O) groups excluding carboxylic acids is 1. The van der Waals surface area contributed by atoms with E-state index in [9.17, 15) is 10.1 Å². The molecule has 28 heavy (non-hydrogen) atoms. The van der Waals surface area contributed by atoms with E-state index >= 15 is 0 Å². The number of carbonyl (C=O) groups is 1. The van der Waals surface area contributed by atoms with Crippen molar-refractivity contribution in [1.82, 2.24) is 15.3 Å². The Bertz CT molecular complexity index is 872. The van der Waals surface area contributed by atoms with E-state index in [0.717, 1.165) is 25.9 Å². The summed E-state index contributed by atoms with van der Waals surface area (Å²) in [6.07, 6.45) is 4.93. The van der Waals surface area contributed by atoms with Crippen LogP contribution in [-0.4, -0.2) is 49.7 Å². The molecule has 1 N–H and O–H groups in total. The predicted molar refractivity (Wildman–Crippen MR) is 104 cm³/mol. The van der Waals surface area contributed by atoms with Gasteiger partial charge in [-0.05, 0) is 30.9 Å². The molecule has 1 saturated heterocycles. The second kappa shape index (κ2) is 9.04. The largest absolute Gasteiger partial charge is 0.493 e. The van der Waals surface area contributed by atoms with Crippen molar-refractivity contribution in [2.24, 2.45) is 5.92 Å². The number of methoxy groups -OCH3 is 2. The lowest BCUT2D eigenvalue weighted by molar-refractivity contribution is 0.0941. The molecular weight excluding hydrogens is 358 g/mol. The third kappa shape index (κ3) is 4.14. The van der Waals surface area contributed by atoms with Crippen LogP contribution in [0.1, 0.15) is 28.9 Å². The number of hydrogen-bond donors (Lipinski definition) is 1. The van der Waals surface area contributed by atoms with Crippen molar-refractivity contribution in [3.8, 4) is 17.6 Å². The zero-order valence-electron chi connectivity index (χ0n) is 16.0. The van der Waals surface area contributed by atoms with Gasteiger partial charge in [0, 0.05) is 32.0 Å². The molecule has 8 nitrogen and oxygen atoms in total. The molecule has 0 unspecified atom stereocenters. The highest BCUT2D eigenvalue weighted by atomic mass is 16.5. The number of benzene rings is 1. The number of anilines is 1. The summed E-state index contributed by atoms with van der Waals surface area (Å²) in [5.41, 5.74) is 0.803. The van der Waals surface area contributed by atoms with Gasteiger partial charge in [0.05, 0.1) is 19.8 Å². The summed E-state index contributed by atoms with van der Waals surface area (Å²) < 4.78 is 10.6. The smallest absolute Gasteiger partial charge is 0.255 e. The molecule has 1 aliphatic rings. The van der Waals surface area contributed by atoms with E-state index in [2.05, 4.69) is 26.3 Å². The third-order valence-electron chi connectivity index (χ3n) is 4.90. The predicted octanol–water partition coefficient (Wildman–Crippen LogP) is 2.01. The van der Waals surface area contributed by atoms with Crippen molar-refractivity contribution in [3.63, 3.8) is 0 Å². The first kappa shape index (κ1) is 19.4. The summed E-state index contributed by atoms with van der Waals surface area (Å²) in [5, 5.41) is 12.2. The van der Waals surface area contributed by atoms with E-state index in [1.807, 2.05) is 0 Å². The molecular formula is C20H23N5O3. The minimum atomic E-state index is -0.182. The maximum absolute atomic E-state index is 12.6. The molecule has 1 fully saturated rings. The van der Waals surface area contributed by atoms with Crippen molar-refractivity contribution in [3.05, 3.63) is 41.9 Å². The molecule has 1 aromatic carbocycles. The molecule has 8 heteroatoms. The van der Waals surface area contributed by atoms with Gasteiger partial charge in [-0.3, -0.25) is 4.79 Å². The minimum absolute atomic E-state index is 0.182. The van der Waals surface area contributed by atoms with Crippen molar-refractivity contribution in [2.45, 2.75) is 12.8 Å². The molecule has 1 aliphatic heterocycles. The molecule has 3 rings (SSSR count). The van der Waals surface area contributed by atoms with Crippen LogP contribution in [0.5, 0.6) is 11.5 Å². The van der Waals surface area contributed by atoms with Gasteiger partial charge in [0.15, 0.2) is 23.0 Å². The Morgan fingerprint density at radius 1 is 1.25 bits per heavy atom. The van der Waals surface area contributed by atoms with Crippen molar-refractivity contribution in [2.75, 3.05) is 38.8 Å². The second-order valence-electron chi connectivity index (χ2n) is 6.52. The summed E-state index contributed by atoms with van der Waals surface area (Å²) >= 11 is 0. The normalized spacial score (nSPS) is 14.2. The summed E-state index contributed by atoms with van der Waals surface area (Å²) in [6, 6.07) is 7.33. The first-order valence-corrected chi connectivity index (χ1v) is 9.13. The molecule has 1 aromatic heterocycles. The molecule has 0 aliphatic carbocycles. The molecule has 1 amide bonds. The van der Waals surface area contributed by atoms with E-state index in [1.54, 1.807) is 31.5 Å². The van der Waals surface area contributed by atoms with Crippen LogP contribution in [0.25, 0.3) is 0 Å². The number of nitrogens with one attached hydrogen (secondary N) is 1. The number of piperidine rings is 1. The maximum atomic E-state index is 12.6. The zero-order valence-corrected chi connectivity index (χ0v) is 16.0. The number of amides is 1. The Balaban J connectivity index is 1.56. The number of nitriles is 1. The van der Waals surface area contributed by atoms with Gasteiger partial charge in [-0.1, -0.05) is 6.07 Å². The number of aromatic nitrogens is 2. The Morgan fingerprint density at radius 3 is 2.68 bits per heavy atom. The van der Waals surface area contributed by atoms with Crippen LogP contribution in [0.2, 0.25) is 0 Å². The lowest BCUT2D eigenvalue weighted by atomic mass is 9.96. The fourth-order valence-corrected chi connectivity index (χ4v) is 3.39. The van der Waals surface area contributed by atoms with Crippen LogP contribution >= 0.6 is 0 Å². The van der Waals surface area contributed by atoms with Gasteiger partial charge < -0.3 is 19.7 Å². The lowest BCUT2D eigenvalue weighted by Gasteiger charge is -2.32. The number of hydrogen-bond acceptors (Lipinski definition) is 7. The second-order valence-corrected chi connectivity index (χ2v) is 6.52. The van der Waals surface area contributed by atoms with Crippen LogP contribution < -0.4 is 19.7 Å². The van der Waals surface area contributed by atoms with E-state index in [1.165, 1.54) is 13.3 Å². The lowest BCUT2D eigenvalue weighted by Crippen LogP contribution is -2.39. The maximum Gasteiger partial charge on any atom is 0.255 e. The average molecular weight is 381 g/mol. The molecule has 146 valence electrons. The monoisotopic (exact) mass is 381 g/mol. The van der Waals surface area contributed by atoms with Crippen molar-refractivity contribution < 1.29 is 14.3 Å². The number of ether oxygens (including phenoxy) is 2. The molecule has 0 atom stereocenters. The molecule has 2 aromatic rings. The van der Waals surface area contributed by atoms with Crippen molar-refractivity contribution >= 4 is 11.7 Å². The van der Waals surface area contributed by atoms with E-state index in [4.69, 9.17) is 9.47 Å². The molecule has 0 spiro atoms. The van der Waals surface area contributed by atoms with Crippen LogP contribution in [0.4, 0.5) is 5.82 Å². The highest BCUT2D eigenvalue weighted by Crippen LogP contribution is 2.30. The van der Waals surface area contributed by atoms with Crippen LogP contribution in [-0.2, 0) is 0 Å². The van der Waals surface area contributed by atoms with Gasteiger partial charge in [0.1, 0.15) is 6.07 Å². The minimum Gasteiger partial charge on any atom is -0.493 e. The quantitative estimate of drug-likeness (QED) is 0.817. The van der Waals surface area contributed by atoms with Crippen molar-refractivity contribution in [1.29, 1.82) is 5.26 Å². The standard InChI is InChI=1S/C20H23N5O3/c1-27-17-5-3-4-15(18(17)28-2)20(26)24-13-14-6-10-25(11-7-14)19-16(12-21)22-8-9-23-19/h3-5,8-9,14H,6-7,10-11,13H2,1-2H3,(H,24,26). The van der Waals surface area contributed by atoms with Gasteiger partial charge in [0.25, 0.3) is 5.91 Å². The first-order chi connectivity index (χ1) is 13.7. The summed E-state index contributed by atoms with van der Waals surface area (Å²) in [5.74, 6) is 1.77. The fourth-order valence-electron chi connectivity index (χ4n) is 3.39. The Morgan fingerprint density at radius 2 is 2.00 bits per heavy atom. The van der Waals surface area contributed by atoms with Gasteiger partial charge in [0.2, 0.25) is 0 Å². The van der Waals surface area contributed by atoms with Crippen LogP contribution in [0.15, 0.2) is 30.6 Å². The van der Waals surface area contributed by atoms with E-state index < -0.39 is 0 Å². The van der Waals surface area contributed by atoms with Gasteiger partial charge >= 0.3 is 0 Å². The first-order valence-electron chi connectivity index (χ1n) is 9.13. The van der Waals surface area contributed by atoms with E-state index in [-0.39, 0.29) is 5.91 Å². The van der Waals surface area contributed by atoms with Crippen LogP contribution in [0, 0.1) is 17.2 Å². The van der Waals surface area contributed by atoms with Gasteiger partial charge in [-0.15, -0.1) is 0 Å². The Kier molecular flexibility index (Phi) is 6.27. The fraction of sp³-hybridized carbons (Fsp3) is 0.400. The van der Waals surface area contributed by atoms with Gasteiger partial charge in [-0.25, -0.2) is 9.97 Å². The molecule has 0 bridgehead atoms. The molecule has 0 saturated carbocycles. The van der Waals surface area contributed by atoms with Crippen LogP contribution in [0.3, 0.4) is 0 Å². The van der Waals surface area contributed by atoms with Gasteiger partial charge in [-0.2, -0.15) is 5.26 Å². The summed E-state index contributed by atoms with van der Waals surface area (Å²) in [7, 11) is 3.06. The zero-order chi connectivity index (χ0) is 19.9. The summed E-state index contributed by atoms with van der Waals surface area (Å²) in [6.45, 7) is 2.13. The Hall–Kier alpha value is -3.34. The topological polar surface area (TPSA) is 100 Å². The average Bonchev–Trinajstić information content (AvgIpc) is 2.77. The number of rotatable bonds is 6. The highest BCUT2D eigenvalue weighted by Gasteiger charge is 2.23. The SMILES string of the molecule is COc1cccc(C(=O)NCC2CCN(c3nccnc3C#N)CC2)c1OC. The Labute approximate surface area is 164 Å². The molecule has 0 radical (unpaired) electrons.